The molecule has 0 atom stereocenters. The third-order valence-corrected chi connectivity index (χ3v) is 1.31. The van der Waals surface area contributed by atoms with E-state index in [-0.39, 0.29) is 5.56 Å². The second-order valence-corrected chi connectivity index (χ2v) is 2.48. The second kappa shape index (κ2) is 3.60. The molecule has 4 nitrogen and oxygen atoms in total. The minimum absolute atomic E-state index is 0.130. The highest BCUT2D eigenvalue weighted by molar-refractivity contribution is 5.69. The molecule has 76 valence electrons. The largest absolute Gasteiger partial charge is 0.481 e. The third-order valence-electron chi connectivity index (χ3n) is 1.31. The highest BCUT2D eigenvalue weighted by Gasteiger charge is 2.34. The average molecular weight is 206 g/mol. The van der Waals surface area contributed by atoms with Crippen LogP contribution < -0.4 is 0 Å². The van der Waals surface area contributed by atoms with E-state index < -0.39 is 24.4 Å². The lowest BCUT2D eigenvalue weighted by Gasteiger charge is -2.03. The van der Waals surface area contributed by atoms with E-state index in [4.69, 9.17) is 5.11 Å². The Labute approximate surface area is 76.4 Å². The number of halogens is 3. The maximum Gasteiger partial charge on any atom is 0.451 e. The zero-order valence-electron chi connectivity index (χ0n) is 6.75. The molecule has 0 saturated heterocycles. The second-order valence-electron chi connectivity index (χ2n) is 2.48. The highest BCUT2D eigenvalue weighted by Crippen LogP contribution is 2.25. The monoisotopic (exact) mass is 206 g/mol. The molecule has 0 aliphatic rings. The summed E-state index contributed by atoms with van der Waals surface area (Å²) >= 11 is 0. The van der Waals surface area contributed by atoms with E-state index in [2.05, 4.69) is 9.97 Å². The molecule has 0 unspecified atom stereocenters. The lowest BCUT2D eigenvalue weighted by atomic mass is 10.2. The van der Waals surface area contributed by atoms with Gasteiger partial charge in [-0.1, -0.05) is 0 Å². The molecule has 0 radical (unpaired) electrons. The molecular weight excluding hydrogens is 201 g/mol. The van der Waals surface area contributed by atoms with Crippen LogP contribution in [0.15, 0.2) is 12.4 Å². The summed E-state index contributed by atoms with van der Waals surface area (Å²) in [5, 5.41) is 8.32. The number of carbonyl (C=O) groups is 1. The molecule has 1 aromatic heterocycles. The summed E-state index contributed by atoms with van der Waals surface area (Å²) in [6.45, 7) is 0. The summed E-state index contributed by atoms with van der Waals surface area (Å²) in [4.78, 5) is 16.2. The van der Waals surface area contributed by atoms with Gasteiger partial charge in [-0.3, -0.25) is 4.79 Å². The summed E-state index contributed by atoms with van der Waals surface area (Å²) in [6, 6.07) is 0. The fourth-order valence-corrected chi connectivity index (χ4v) is 0.767. The zero-order chi connectivity index (χ0) is 10.8. The first-order valence-electron chi connectivity index (χ1n) is 3.49. The van der Waals surface area contributed by atoms with Crippen molar-refractivity contribution in [2.24, 2.45) is 0 Å². The van der Waals surface area contributed by atoms with Crippen molar-refractivity contribution in [1.29, 1.82) is 0 Å². The normalized spacial score (nSPS) is 11.4. The molecule has 0 bridgehead atoms. The molecule has 1 heterocycles. The van der Waals surface area contributed by atoms with Gasteiger partial charge < -0.3 is 5.11 Å². The first-order valence-corrected chi connectivity index (χ1v) is 3.49. The number of hydrogen-bond acceptors (Lipinski definition) is 3. The first kappa shape index (κ1) is 10.4. The summed E-state index contributed by atoms with van der Waals surface area (Å²) in [6.07, 6.45) is -3.28. The molecular formula is C7H5F3N2O2. The van der Waals surface area contributed by atoms with Crippen LogP contribution in [-0.4, -0.2) is 21.0 Å². The Kier molecular flexibility index (Phi) is 2.68. The molecule has 1 aromatic rings. The fraction of sp³-hybridized carbons (Fsp3) is 0.286. The van der Waals surface area contributed by atoms with Crippen molar-refractivity contribution in [2.75, 3.05) is 0 Å². The van der Waals surface area contributed by atoms with Crippen LogP contribution >= 0.6 is 0 Å². The van der Waals surface area contributed by atoms with Gasteiger partial charge in [0.05, 0.1) is 6.42 Å². The van der Waals surface area contributed by atoms with Crippen LogP contribution in [0.5, 0.6) is 0 Å². The molecule has 0 saturated carbocycles. The molecule has 0 aromatic carbocycles. The SMILES string of the molecule is O=C(O)Cc1cnc(C(F)(F)F)nc1. The zero-order valence-corrected chi connectivity index (χ0v) is 6.75. The predicted octanol–water partition coefficient (Wildman–Crippen LogP) is 1.12. The summed E-state index contributed by atoms with van der Waals surface area (Å²) in [7, 11) is 0. The van der Waals surface area contributed by atoms with Gasteiger partial charge in [0, 0.05) is 12.4 Å². The number of nitrogens with zero attached hydrogens (tertiary/aromatic N) is 2. The number of alkyl halides is 3. The van der Waals surface area contributed by atoms with Crippen molar-refractivity contribution in [3.63, 3.8) is 0 Å². The van der Waals surface area contributed by atoms with Crippen molar-refractivity contribution < 1.29 is 23.1 Å². The maximum absolute atomic E-state index is 11.9. The lowest BCUT2D eigenvalue weighted by molar-refractivity contribution is -0.145. The van der Waals surface area contributed by atoms with E-state index in [9.17, 15) is 18.0 Å². The number of carboxylic acid groups (broad SMARTS) is 1. The van der Waals surface area contributed by atoms with Crippen molar-refractivity contribution in [3.8, 4) is 0 Å². The number of carboxylic acids is 1. The van der Waals surface area contributed by atoms with Crippen LogP contribution in [0, 0.1) is 0 Å². The summed E-state index contributed by atoms with van der Waals surface area (Å²) < 4.78 is 35.8. The highest BCUT2D eigenvalue weighted by atomic mass is 19.4. The van der Waals surface area contributed by atoms with E-state index >= 15 is 0 Å². The quantitative estimate of drug-likeness (QED) is 0.787. The van der Waals surface area contributed by atoms with Crippen molar-refractivity contribution in [1.82, 2.24) is 9.97 Å². The van der Waals surface area contributed by atoms with Crippen LogP contribution in [0.3, 0.4) is 0 Å². The van der Waals surface area contributed by atoms with Gasteiger partial charge in [0.2, 0.25) is 5.82 Å². The van der Waals surface area contributed by atoms with Crippen LogP contribution in [-0.2, 0) is 17.4 Å². The smallest absolute Gasteiger partial charge is 0.451 e. The molecule has 14 heavy (non-hydrogen) atoms. The molecule has 1 rings (SSSR count). The number of hydrogen-bond donors (Lipinski definition) is 1. The van der Waals surface area contributed by atoms with E-state index in [0.29, 0.717) is 0 Å². The lowest BCUT2D eigenvalue weighted by Crippen LogP contribution is -2.11. The number of aromatic nitrogens is 2. The van der Waals surface area contributed by atoms with Gasteiger partial charge in [0.25, 0.3) is 0 Å². The van der Waals surface area contributed by atoms with Crippen LogP contribution in [0.2, 0.25) is 0 Å². The van der Waals surface area contributed by atoms with E-state index in [1.807, 2.05) is 0 Å². The summed E-state index contributed by atoms with van der Waals surface area (Å²) in [5.41, 5.74) is 0.130. The van der Waals surface area contributed by atoms with Gasteiger partial charge in [-0.25, -0.2) is 9.97 Å². The van der Waals surface area contributed by atoms with Gasteiger partial charge in [-0.15, -0.1) is 0 Å². The van der Waals surface area contributed by atoms with Crippen LogP contribution in [0.25, 0.3) is 0 Å². The van der Waals surface area contributed by atoms with Crippen molar-refractivity contribution in [2.45, 2.75) is 12.6 Å². The third kappa shape index (κ3) is 2.68. The Morgan fingerprint density at radius 2 is 1.86 bits per heavy atom. The van der Waals surface area contributed by atoms with Gasteiger partial charge in [-0.2, -0.15) is 13.2 Å². The molecule has 0 aliphatic heterocycles. The average Bonchev–Trinajstić information content (AvgIpc) is 2.02. The van der Waals surface area contributed by atoms with Crippen molar-refractivity contribution in [3.05, 3.63) is 23.8 Å². The Morgan fingerprint density at radius 3 is 2.21 bits per heavy atom. The van der Waals surface area contributed by atoms with Gasteiger partial charge in [0.15, 0.2) is 0 Å². The summed E-state index contributed by atoms with van der Waals surface area (Å²) in [5.74, 6) is -2.42. The molecule has 1 N–H and O–H groups in total. The molecule has 7 heteroatoms. The predicted molar refractivity (Wildman–Crippen MR) is 38.4 cm³/mol. The van der Waals surface area contributed by atoms with Gasteiger partial charge in [-0.05, 0) is 5.56 Å². The molecule has 0 aliphatic carbocycles. The Bertz CT molecular complexity index is 334. The Hall–Kier alpha value is -1.66. The Balaban J connectivity index is 2.84. The fourth-order valence-electron chi connectivity index (χ4n) is 0.767. The minimum atomic E-state index is -4.60. The van der Waals surface area contributed by atoms with Crippen molar-refractivity contribution >= 4 is 5.97 Å². The Morgan fingerprint density at radius 1 is 1.36 bits per heavy atom. The van der Waals surface area contributed by atoms with E-state index in [1.165, 1.54) is 0 Å². The first-order chi connectivity index (χ1) is 6.39. The maximum atomic E-state index is 11.9. The van der Waals surface area contributed by atoms with Crippen LogP contribution in [0.4, 0.5) is 13.2 Å². The van der Waals surface area contributed by atoms with Crippen LogP contribution in [0.1, 0.15) is 11.4 Å². The minimum Gasteiger partial charge on any atom is -0.481 e. The van der Waals surface area contributed by atoms with E-state index in [1.54, 1.807) is 0 Å². The van der Waals surface area contributed by atoms with Gasteiger partial charge in [0.1, 0.15) is 0 Å². The number of aliphatic carboxylic acids is 1. The molecule has 0 spiro atoms. The number of rotatable bonds is 2. The standard InChI is InChI=1S/C7H5F3N2O2/c8-7(9,10)6-11-2-4(3-12-6)1-5(13)14/h2-3H,1H2,(H,13,14). The molecule has 0 fully saturated rings. The molecule has 0 amide bonds. The van der Waals surface area contributed by atoms with Gasteiger partial charge >= 0.3 is 12.1 Å². The van der Waals surface area contributed by atoms with E-state index in [0.717, 1.165) is 12.4 Å². The topological polar surface area (TPSA) is 63.1 Å².